The van der Waals surface area contributed by atoms with Crippen molar-refractivity contribution >= 4 is 6.21 Å². The zero-order chi connectivity index (χ0) is 7.40. The number of likely N-dealkylation sites (N-methyl/N-ethyl adjacent to an activating group) is 1. The van der Waals surface area contributed by atoms with Gasteiger partial charge in [0.25, 0.3) is 0 Å². The summed E-state index contributed by atoms with van der Waals surface area (Å²) in [5.41, 5.74) is 1.13. The van der Waals surface area contributed by atoms with Gasteiger partial charge in [0, 0.05) is 12.0 Å². The zero-order valence-corrected chi connectivity index (χ0v) is 7.30. The maximum atomic E-state index is 8.22. The molecule has 0 bridgehead atoms. The summed E-state index contributed by atoms with van der Waals surface area (Å²) in [5, 5.41) is 11.2. The molecule has 1 unspecified atom stereocenters. The molecule has 3 nitrogen and oxygen atoms in total. The van der Waals surface area contributed by atoms with Gasteiger partial charge >= 0.3 is 0 Å². The highest BCUT2D eigenvalue weighted by Gasteiger charge is 2.08. The van der Waals surface area contributed by atoms with Gasteiger partial charge in [-0.05, 0) is 0 Å². The number of hydrogen-bond acceptors (Lipinski definition) is 2. The molecular weight excluding hydrogens is 164 g/mol. The van der Waals surface area contributed by atoms with Gasteiger partial charge in [0.15, 0.2) is 0 Å². The summed E-state index contributed by atoms with van der Waals surface area (Å²) in [5.74, 6) is 0. The third-order valence-electron chi connectivity index (χ3n) is 1.71. The number of rotatable bonds is 1. The molecular formula is C7H13ClN2O. The van der Waals surface area contributed by atoms with Crippen molar-refractivity contribution in [2.24, 2.45) is 5.16 Å². The fraction of sp³-hybridized carbons (Fsp3) is 0.571. The lowest BCUT2D eigenvalue weighted by molar-refractivity contribution is -0.875. The van der Waals surface area contributed by atoms with Crippen molar-refractivity contribution in [3.63, 3.8) is 0 Å². The normalized spacial score (nSPS) is 24.5. The molecule has 0 fully saturated rings. The lowest BCUT2D eigenvalue weighted by atomic mass is 10.1. The zero-order valence-electron chi connectivity index (χ0n) is 6.55. The molecule has 0 aliphatic carbocycles. The Morgan fingerprint density at radius 1 is 1.73 bits per heavy atom. The molecule has 4 heteroatoms. The van der Waals surface area contributed by atoms with Crippen LogP contribution >= 0.6 is 0 Å². The van der Waals surface area contributed by atoms with Gasteiger partial charge in [-0.3, -0.25) is 0 Å². The Kier molecular flexibility index (Phi) is 4.90. The van der Waals surface area contributed by atoms with Crippen molar-refractivity contribution in [2.75, 3.05) is 20.1 Å². The second-order valence-electron chi connectivity index (χ2n) is 2.70. The number of quaternary nitrogens is 1. The first-order valence-electron chi connectivity index (χ1n) is 3.50. The Morgan fingerprint density at radius 3 is 3.00 bits per heavy atom. The van der Waals surface area contributed by atoms with Crippen LogP contribution < -0.4 is 17.3 Å². The van der Waals surface area contributed by atoms with Crippen molar-refractivity contribution in [1.82, 2.24) is 0 Å². The average Bonchev–Trinajstić information content (AvgIpc) is 1.88. The first kappa shape index (κ1) is 10.5. The van der Waals surface area contributed by atoms with E-state index in [2.05, 4.69) is 18.3 Å². The molecule has 0 aromatic rings. The molecule has 0 spiro atoms. The minimum Gasteiger partial charge on any atom is -1.00 e. The van der Waals surface area contributed by atoms with Gasteiger partial charge in [-0.15, -0.1) is 0 Å². The van der Waals surface area contributed by atoms with Crippen molar-refractivity contribution in [3.8, 4) is 0 Å². The van der Waals surface area contributed by atoms with E-state index in [0.717, 1.165) is 18.5 Å². The van der Waals surface area contributed by atoms with Gasteiger partial charge in [0.05, 0.1) is 19.8 Å². The molecule has 0 saturated carbocycles. The van der Waals surface area contributed by atoms with Gasteiger partial charge in [-0.2, -0.15) is 0 Å². The Labute approximate surface area is 72.8 Å². The van der Waals surface area contributed by atoms with Crippen LogP contribution in [0.15, 0.2) is 16.8 Å². The molecule has 0 amide bonds. The summed E-state index contributed by atoms with van der Waals surface area (Å²) < 4.78 is 0. The summed E-state index contributed by atoms with van der Waals surface area (Å²) in [6, 6.07) is 0. The van der Waals surface area contributed by atoms with E-state index < -0.39 is 0 Å². The molecule has 11 heavy (non-hydrogen) atoms. The van der Waals surface area contributed by atoms with Crippen LogP contribution in [-0.4, -0.2) is 31.6 Å². The van der Waals surface area contributed by atoms with E-state index >= 15 is 0 Å². The molecule has 1 aliphatic rings. The van der Waals surface area contributed by atoms with Crippen LogP contribution in [0.3, 0.4) is 0 Å². The standard InChI is InChI=1S/C7H12N2O.ClH/c1-9-4-2-3-7(6-9)5-8-10;/h3,5,10H,2,4,6H2,1H3;1H/b8-5+;. The lowest BCUT2D eigenvalue weighted by Gasteiger charge is -2.17. The van der Waals surface area contributed by atoms with Crippen molar-refractivity contribution < 1.29 is 22.5 Å². The number of oxime groups is 1. The third-order valence-corrected chi connectivity index (χ3v) is 1.71. The monoisotopic (exact) mass is 176 g/mol. The number of nitrogens with one attached hydrogen (secondary N) is 1. The summed E-state index contributed by atoms with van der Waals surface area (Å²) in [4.78, 5) is 1.47. The van der Waals surface area contributed by atoms with E-state index in [9.17, 15) is 0 Å². The van der Waals surface area contributed by atoms with Gasteiger partial charge in [-0.1, -0.05) is 11.2 Å². The minimum absolute atomic E-state index is 0. The van der Waals surface area contributed by atoms with Gasteiger partial charge in [-0.25, -0.2) is 0 Å². The van der Waals surface area contributed by atoms with Gasteiger partial charge in [0.1, 0.15) is 6.54 Å². The maximum absolute atomic E-state index is 8.22. The summed E-state index contributed by atoms with van der Waals surface area (Å²) >= 11 is 0. The molecule has 0 aromatic heterocycles. The molecule has 2 N–H and O–H groups in total. The minimum atomic E-state index is 0. The predicted molar refractivity (Wildman–Crippen MR) is 39.6 cm³/mol. The fourth-order valence-electron chi connectivity index (χ4n) is 1.19. The topological polar surface area (TPSA) is 37.0 Å². The number of halogens is 1. The highest BCUT2D eigenvalue weighted by atomic mass is 35.5. The van der Waals surface area contributed by atoms with E-state index in [0.29, 0.717) is 0 Å². The quantitative estimate of drug-likeness (QED) is 0.241. The number of hydrogen-bond donors (Lipinski definition) is 2. The van der Waals surface area contributed by atoms with Crippen LogP contribution in [0, 0.1) is 0 Å². The first-order valence-corrected chi connectivity index (χ1v) is 3.50. The Morgan fingerprint density at radius 2 is 2.45 bits per heavy atom. The Hall–Kier alpha value is -0.540. The second kappa shape index (κ2) is 5.16. The van der Waals surface area contributed by atoms with Crippen LogP contribution in [0.4, 0.5) is 0 Å². The second-order valence-corrected chi connectivity index (χ2v) is 2.70. The Balaban J connectivity index is 0.000001000. The third kappa shape index (κ3) is 3.39. The molecule has 64 valence electrons. The van der Waals surface area contributed by atoms with Crippen LogP contribution in [0.25, 0.3) is 0 Å². The van der Waals surface area contributed by atoms with Crippen LogP contribution in [0.1, 0.15) is 6.42 Å². The summed E-state index contributed by atoms with van der Waals surface area (Å²) in [6.07, 6.45) is 4.72. The van der Waals surface area contributed by atoms with E-state index in [1.807, 2.05) is 0 Å². The summed E-state index contributed by atoms with van der Waals surface area (Å²) in [6.45, 7) is 2.16. The lowest BCUT2D eigenvalue weighted by Crippen LogP contribution is -3.09. The van der Waals surface area contributed by atoms with Crippen LogP contribution in [0.2, 0.25) is 0 Å². The molecule has 0 saturated heterocycles. The predicted octanol–water partition coefficient (Wildman–Crippen LogP) is -3.70. The molecule has 0 aromatic carbocycles. The highest BCUT2D eigenvalue weighted by molar-refractivity contribution is 5.78. The van der Waals surface area contributed by atoms with Gasteiger partial charge in [0.2, 0.25) is 0 Å². The molecule has 1 rings (SSSR count). The highest BCUT2D eigenvalue weighted by Crippen LogP contribution is 1.93. The van der Waals surface area contributed by atoms with Crippen molar-refractivity contribution in [1.29, 1.82) is 0 Å². The van der Waals surface area contributed by atoms with E-state index in [4.69, 9.17) is 5.21 Å². The van der Waals surface area contributed by atoms with E-state index in [1.54, 1.807) is 0 Å². The smallest absolute Gasteiger partial charge is 0.104 e. The molecule has 1 heterocycles. The Bertz CT molecular complexity index is 168. The SMILES string of the molecule is C[NH+]1CCC=C(/C=N/O)C1.[Cl-]. The van der Waals surface area contributed by atoms with E-state index in [-0.39, 0.29) is 12.4 Å². The van der Waals surface area contributed by atoms with Gasteiger partial charge < -0.3 is 22.5 Å². The summed E-state index contributed by atoms with van der Waals surface area (Å²) in [7, 11) is 2.14. The van der Waals surface area contributed by atoms with Crippen LogP contribution in [0.5, 0.6) is 0 Å². The van der Waals surface area contributed by atoms with Crippen LogP contribution in [-0.2, 0) is 0 Å². The largest absolute Gasteiger partial charge is 1.00 e. The van der Waals surface area contributed by atoms with Crippen molar-refractivity contribution in [2.45, 2.75) is 6.42 Å². The molecule has 1 atom stereocenters. The van der Waals surface area contributed by atoms with E-state index in [1.165, 1.54) is 17.7 Å². The fourth-order valence-corrected chi connectivity index (χ4v) is 1.19. The van der Waals surface area contributed by atoms with Crippen molar-refractivity contribution in [3.05, 3.63) is 11.6 Å². The maximum Gasteiger partial charge on any atom is 0.104 e. The average molecular weight is 177 g/mol. The first-order chi connectivity index (χ1) is 4.83. The molecule has 1 aliphatic heterocycles. The molecule has 0 radical (unpaired) electrons. The number of nitrogens with zero attached hydrogens (tertiary/aromatic N) is 1.